The predicted octanol–water partition coefficient (Wildman–Crippen LogP) is 2.22. The third-order valence-corrected chi connectivity index (χ3v) is 5.42. The Balaban J connectivity index is 2.06. The molecule has 0 saturated heterocycles. The Morgan fingerprint density at radius 1 is 1.11 bits per heavy atom. The summed E-state index contributed by atoms with van der Waals surface area (Å²) in [6, 6.07) is 0. The molecule has 0 aliphatic heterocycles. The first-order chi connectivity index (χ1) is 8.33. The molecule has 0 radical (unpaired) electrons. The first kappa shape index (κ1) is 12.0. The van der Waals surface area contributed by atoms with Crippen LogP contribution in [0.15, 0.2) is 0 Å². The molecule has 4 heteroatoms. The van der Waals surface area contributed by atoms with Crippen molar-refractivity contribution in [1.82, 2.24) is 0 Å². The molecule has 18 heavy (non-hydrogen) atoms. The van der Waals surface area contributed by atoms with E-state index < -0.39 is 16.8 Å². The number of rotatable bonds is 2. The van der Waals surface area contributed by atoms with Gasteiger partial charge in [0.2, 0.25) is 0 Å². The summed E-state index contributed by atoms with van der Waals surface area (Å²) in [4.78, 5) is 23.9. The van der Waals surface area contributed by atoms with E-state index in [1.54, 1.807) is 0 Å². The van der Waals surface area contributed by atoms with E-state index in [0.29, 0.717) is 12.3 Å². The highest BCUT2D eigenvalue weighted by Gasteiger charge is 2.67. The van der Waals surface area contributed by atoms with Crippen LogP contribution in [-0.4, -0.2) is 24.2 Å². The van der Waals surface area contributed by atoms with E-state index in [-0.39, 0.29) is 11.4 Å². The van der Waals surface area contributed by atoms with Gasteiger partial charge in [-0.1, -0.05) is 6.92 Å². The van der Waals surface area contributed by atoms with Gasteiger partial charge in [-0.25, -0.2) is 0 Å². The first-order valence-corrected chi connectivity index (χ1v) is 6.65. The minimum Gasteiger partial charge on any atom is -0.481 e. The molecule has 0 aromatic rings. The molecule has 1 N–H and O–H groups in total. The van der Waals surface area contributed by atoms with E-state index in [4.69, 9.17) is 4.74 Å². The number of esters is 1. The average Bonchev–Trinajstić information content (AvgIpc) is 2.24. The van der Waals surface area contributed by atoms with Crippen molar-refractivity contribution in [3.8, 4) is 0 Å². The highest BCUT2D eigenvalue weighted by atomic mass is 16.5. The molecule has 4 fully saturated rings. The second-order valence-corrected chi connectivity index (χ2v) is 7.18. The molecule has 100 valence electrons. The summed E-state index contributed by atoms with van der Waals surface area (Å²) in [5.41, 5.74) is -1.20. The van der Waals surface area contributed by atoms with Gasteiger partial charge < -0.3 is 9.84 Å². The Bertz CT molecular complexity index is 432. The van der Waals surface area contributed by atoms with Crippen LogP contribution in [0.5, 0.6) is 0 Å². The Hall–Kier alpha value is -1.06. The molecular formula is C14H20O4. The zero-order valence-corrected chi connectivity index (χ0v) is 11.0. The molecule has 0 aromatic heterocycles. The van der Waals surface area contributed by atoms with Crippen LogP contribution in [0.25, 0.3) is 0 Å². The first-order valence-electron chi connectivity index (χ1n) is 6.65. The summed E-state index contributed by atoms with van der Waals surface area (Å²) >= 11 is 0. The van der Waals surface area contributed by atoms with Gasteiger partial charge in [-0.2, -0.15) is 0 Å². The van der Waals surface area contributed by atoms with E-state index in [1.807, 2.05) is 0 Å². The minimum absolute atomic E-state index is 0.00595. The molecule has 4 nitrogen and oxygen atoms in total. The summed E-state index contributed by atoms with van der Waals surface area (Å²) in [7, 11) is 1.41. The van der Waals surface area contributed by atoms with Crippen LogP contribution in [0.2, 0.25) is 0 Å². The molecule has 4 unspecified atom stereocenters. The maximum atomic E-state index is 12.2. The number of aliphatic carboxylic acids is 1. The van der Waals surface area contributed by atoms with Gasteiger partial charge in [-0.3, -0.25) is 9.59 Å². The van der Waals surface area contributed by atoms with E-state index in [0.717, 1.165) is 32.1 Å². The fraction of sp³-hybridized carbons (Fsp3) is 0.857. The maximum Gasteiger partial charge on any atom is 0.311 e. The summed E-state index contributed by atoms with van der Waals surface area (Å²) in [5, 5.41) is 9.61. The molecule has 4 bridgehead atoms. The fourth-order valence-electron chi connectivity index (χ4n) is 5.60. The Labute approximate surface area is 107 Å². The monoisotopic (exact) mass is 252 g/mol. The number of carbonyl (C=O) groups excluding carboxylic acids is 1. The van der Waals surface area contributed by atoms with Crippen LogP contribution < -0.4 is 0 Å². The third-order valence-electron chi connectivity index (χ3n) is 5.42. The van der Waals surface area contributed by atoms with Gasteiger partial charge in [-0.15, -0.1) is 0 Å². The maximum absolute atomic E-state index is 12.2. The quantitative estimate of drug-likeness (QED) is 0.765. The number of carboxylic acid groups (broad SMARTS) is 1. The molecule has 0 spiro atoms. The zero-order valence-electron chi connectivity index (χ0n) is 11.0. The van der Waals surface area contributed by atoms with E-state index in [1.165, 1.54) is 7.11 Å². The van der Waals surface area contributed by atoms with Crippen molar-refractivity contribution < 1.29 is 19.4 Å². The minimum atomic E-state index is -0.717. The van der Waals surface area contributed by atoms with Crippen molar-refractivity contribution in [2.24, 2.45) is 22.2 Å². The molecule has 0 amide bonds. The van der Waals surface area contributed by atoms with E-state index >= 15 is 0 Å². The zero-order chi connectivity index (χ0) is 13.2. The van der Waals surface area contributed by atoms with Gasteiger partial charge in [0.1, 0.15) is 0 Å². The number of hydrogen-bond acceptors (Lipinski definition) is 3. The van der Waals surface area contributed by atoms with Gasteiger partial charge in [0.25, 0.3) is 0 Å². The van der Waals surface area contributed by atoms with Gasteiger partial charge >= 0.3 is 11.9 Å². The Morgan fingerprint density at radius 3 is 2.28 bits per heavy atom. The molecule has 4 rings (SSSR count). The SMILES string of the molecule is COC(=O)C12CC3CC(C)(CC(C(=O)O)(C3)C1)C2. The summed E-state index contributed by atoms with van der Waals surface area (Å²) in [6.45, 7) is 2.15. The van der Waals surface area contributed by atoms with Crippen LogP contribution in [0.1, 0.15) is 45.4 Å². The lowest BCUT2D eigenvalue weighted by Crippen LogP contribution is -2.61. The fourth-order valence-corrected chi connectivity index (χ4v) is 5.60. The van der Waals surface area contributed by atoms with Gasteiger partial charge in [0.05, 0.1) is 17.9 Å². The molecule has 4 aliphatic carbocycles. The molecule has 4 aliphatic rings. The van der Waals surface area contributed by atoms with Crippen molar-refractivity contribution in [1.29, 1.82) is 0 Å². The van der Waals surface area contributed by atoms with Gasteiger partial charge in [0, 0.05) is 0 Å². The topological polar surface area (TPSA) is 63.6 Å². The third kappa shape index (κ3) is 1.38. The van der Waals surface area contributed by atoms with Crippen molar-refractivity contribution in [2.75, 3.05) is 7.11 Å². The molecular weight excluding hydrogens is 232 g/mol. The summed E-state index contributed by atoms with van der Waals surface area (Å²) < 4.78 is 4.97. The lowest BCUT2D eigenvalue weighted by atomic mass is 9.40. The van der Waals surface area contributed by atoms with E-state index in [9.17, 15) is 14.7 Å². The Morgan fingerprint density at radius 2 is 1.72 bits per heavy atom. The largest absolute Gasteiger partial charge is 0.481 e. The van der Waals surface area contributed by atoms with Crippen LogP contribution in [-0.2, 0) is 14.3 Å². The van der Waals surface area contributed by atoms with Gasteiger partial charge in [-0.05, 0) is 49.9 Å². The highest BCUT2D eigenvalue weighted by molar-refractivity contribution is 5.82. The molecule has 4 saturated carbocycles. The summed E-state index contributed by atoms with van der Waals surface area (Å²) in [5.74, 6) is -0.531. The number of ether oxygens (including phenoxy) is 1. The second-order valence-electron chi connectivity index (χ2n) is 7.18. The summed E-state index contributed by atoms with van der Waals surface area (Å²) in [6.07, 6.45) is 4.65. The van der Waals surface area contributed by atoms with Crippen molar-refractivity contribution in [3.63, 3.8) is 0 Å². The van der Waals surface area contributed by atoms with Crippen LogP contribution in [0.3, 0.4) is 0 Å². The van der Waals surface area contributed by atoms with E-state index in [2.05, 4.69) is 6.92 Å². The van der Waals surface area contributed by atoms with Crippen LogP contribution in [0.4, 0.5) is 0 Å². The number of carbonyl (C=O) groups is 2. The highest BCUT2D eigenvalue weighted by Crippen LogP contribution is 2.69. The smallest absolute Gasteiger partial charge is 0.311 e. The number of carboxylic acids is 1. The second kappa shape index (κ2) is 3.28. The molecule has 4 atom stereocenters. The van der Waals surface area contributed by atoms with Crippen LogP contribution in [0, 0.1) is 22.2 Å². The van der Waals surface area contributed by atoms with Crippen LogP contribution >= 0.6 is 0 Å². The van der Waals surface area contributed by atoms with Crippen molar-refractivity contribution in [3.05, 3.63) is 0 Å². The normalized spacial score (nSPS) is 49.1. The lowest BCUT2D eigenvalue weighted by molar-refractivity contribution is -0.201. The van der Waals surface area contributed by atoms with Gasteiger partial charge in [0.15, 0.2) is 0 Å². The molecule has 0 heterocycles. The van der Waals surface area contributed by atoms with Crippen molar-refractivity contribution in [2.45, 2.75) is 45.4 Å². The number of hydrogen-bond donors (Lipinski definition) is 1. The van der Waals surface area contributed by atoms with Crippen molar-refractivity contribution >= 4 is 11.9 Å². The predicted molar refractivity (Wildman–Crippen MR) is 63.8 cm³/mol. The Kier molecular flexibility index (Phi) is 2.19. The average molecular weight is 252 g/mol. The lowest BCUT2D eigenvalue weighted by Gasteiger charge is -2.63. The number of methoxy groups -OCH3 is 1. The molecule has 0 aromatic carbocycles. The standard InChI is InChI=1S/C14H20O4/c1-12-3-9-4-13(6-12,10(15)16)8-14(5-9,7-12)11(17)18-2/h9H,3-8H2,1-2H3,(H,15,16).